The summed E-state index contributed by atoms with van der Waals surface area (Å²) >= 11 is 0. The maximum atomic E-state index is 12.2. The monoisotopic (exact) mass is 431 g/mol. The summed E-state index contributed by atoms with van der Waals surface area (Å²) in [6.07, 6.45) is 0. The highest BCUT2D eigenvalue weighted by molar-refractivity contribution is 7.90. The van der Waals surface area contributed by atoms with Gasteiger partial charge in [-0.15, -0.1) is 0 Å². The number of aliphatic imine (C=N–C) groups is 1. The van der Waals surface area contributed by atoms with Gasteiger partial charge >= 0.3 is 5.97 Å². The Hall–Kier alpha value is -3.40. The third-order valence-corrected chi connectivity index (χ3v) is 5.70. The standard InChI is InChI=1S/C20H21N3O6S/c1-12-8-9-16(28-3)15(10-12)22-18(24)11-29-20(25)13(2)21-19-14-6-4-5-7-17(14)30(26,27)23-19/h4-10,13H,11H2,1-3H3,(H,21,23)(H,22,24)/t13-/m0/s1. The number of nitrogens with zero attached hydrogens (tertiary/aromatic N) is 1. The minimum Gasteiger partial charge on any atom is -0.495 e. The molecule has 0 saturated heterocycles. The Morgan fingerprint density at radius 3 is 2.67 bits per heavy atom. The first-order valence-electron chi connectivity index (χ1n) is 9.02. The van der Waals surface area contributed by atoms with E-state index in [0.29, 0.717) is 17.0 Å². The summed E-state index contributed by atoms with van der Waals surface area (Å²) in [6.45, 7) is 2.80. The van der Waals surface area contributed by atoms with Crippen LogP contribution in [0, 0.1) is 6.92 Å². The molecular formula is C20H21N3O6S. The number of aryl methyl sites for hydroxylation is 1. The van der Waals surface area contributed by atoms with Gasteiger partial charge in [0.1, 0.15) is 17.6 Å². The maximum Gasteiger partial charge on any atom is 0.331 e. The quantitative estimate of drug-likeness (QED) is 0.670. The first-order chi connectivity index (χ1) is 14.2. The van der Waals surface area contributed by atoms with Crippen molar-refractivity contribution in [3.8, 4) is 5.75 Å². The Labute approximate surface area is 174 Å². The number of hydrogen-bond acceptors (Lipinski definition) is 7. The Morgan fingerprint density at radius 1 is 1.20 bits per heavy atom. The first-order valence-corrected chi connectivity index (χ1v) is 10.5. The largest absolute Gasteiger partial charge is 0.495 e. The van der Waals surface area contributed by atoms with Crippen LogP contribution in [0.2, 0.25) is 0 Å². The molecule has 2 N–H and O–H groups in total. The van der Waals surface area contributed by atoms with Crippen molar-refractivity contribution < 1.29 is 27.5 Å². The van der Waals surface area contributed by atoms with Crippen LogP contribution >= 0.6 is 0 Å². The van der Waals surface area contributed by atoms with Crippen molar-refractivity contribution in [2.75, 3.05) is 19.0 Å². The van der Waals surface area contributed by atoms with Crippen molar-refractivity contribution in [1.82, 2.24) is 4.72 Å². The number of fused-ring (bicyclic) bond motifs is 1. The van der Waals surface area contributed by atoms with Crippen molar-refractivity contribution in [1.29, 1.82) is 0 Å². The lowest BCUT2D eigenvalue weighted by Crippen LogP contribution is -2.28. The van der Waals surface area contributed by atoms with E-state index in [1.54, 1.807) is 30.3 Å². The molecule has 9 nitrogen and oxygen atoms in total. The van der Waals surface area contributed by atoms with Crippen LogP contribution in [0.15, 0.2) is 52.4 Å². The van der Waals surface area contributed by atoms with Gasteiger partial charge in [0, 0.05) is 5.56 Å². The summed E-state index contributed by atoms with van der Waals surface area (Å²) < 4.78 is 36.7. The van der Waals surface area contributed by atoms with E-state index in [1.807, 2.05) is 13.0 Å². The van der Waals surface area contributed by atoms with Crippen molar-refractivity contribution in [3.63, 3.8) is 0 Å². The second kappa shape index (κ2) is 8.54. The molecule has 0 fully saturated rings. The third kappa shape index (κ3) is 4.60. The van der Waals surface area contributed by atoms with Gasteiger partial charge in [0.15, 0.2) is 6.61 Å². The number of anilines is 1. The van der Waals surface area contributed by atoms with Crippen LogP contribution in [0.25, 0.3) is 0 Å². The number of nitrogens with one attached hydrogen (secondary N) is 2. The smallest absolute Gasteiger partial charge is 0.331 e. The van der Waals surface area contributed by atoms with E-state index in [9.17, 15) is 18.0 Å². The Kier molecular flexibility index (Phi) is 6.06. The van der Waals surface area contributed by atoms with Gasteiger partial charge in [-0.2, -0.15) is 0 Å². The van der Waals surface area contributed by atoms with E-state index in [0.717, 1.165) is 5.56 Å². The maximum absolute atomic E-state index is 12.2. The summed E-state index contributed by atoms with van der Waals surface area (Å²) in [7, 11) is -2.22. The Morgan fingerprint density at radius 2 is 1.93 bits per heavy atom. The lowest BCUT2D eigenvalue weighted by Gasteiger charge is -2.12. The molecule has 1 heterocycles. The van der Waals surface area contributed by atoms with Crippen LogP contribution in [0.3, 0.4) is 0 Å². The number of ether oxygens (including phenoxy) is 2. The van der Waals surface area contributed by atoms with E-state index >= 15 is 0 Å². The SMILES string of the molecule is COc1ccc(C)cc1NC(=O)COC(=O)[C@H](C)N=C1NS(=O)(=O)c2ccccc21. The fraction of sp³-hybridized carbons (Fsp3) is 0.250. The fourth-order valence-corrected chi connectivity index (χ4v) is 4.08. The molecule has 1 atom stereocenters. The van der Waals surface area contributed by atoms with Crippen LogP contribution in [-0.4, -0.2) is 45.9 Å². The minimum absolute atomic E-state index is 0.0593. The van der Waals surface area contributed by atoms with Gasteiger partial charge in [0.25, 0.3) is 15.9 Å². The highest BCUT2D eigenvalue weighted by Gasteiger charge is 2.31. The molecule has 0 saturated carbocycles. The molecule has 1 amide bonds. The molecule has 1 aliphatic rings. The van der Waals surface area contributed by atoms with Crippen molar-refractivity contribution in [2.45, 2.75) is 24.8 Å². The molecule has 2 aromatic carbocycles. The van der Waals surface area contributed by atoms with Gasteiger partial charge in [-0.3, -0.25) is 14.5 Å². The number of esters is 1. The number of carbonyl (C=O) groups excluding carboxylic acids is 2. The molecule has 0 aliphatic carbocycles. The normalized spacial score (nSPS) is 16.3. The topological polar surface area (TPSA) is 123 Å². The molecule has 2 aromatic rings. The first kappa shape index (κ1) is 21.3. The summed E-state index contributed by atoms with van der Waals surface area (Å²) in [4.78, 5) is 28.6. The zero-order valence-corrected chi connectivity index (χ0v) is 17.4. The predicted molar refractivity (Wildman–Crippen MR) is 110 cm³/mol. The molecular weight excluding hydrogens is 410 g/mol. The third-order valence-electron chi connectivity index (χ3n) is 4.30. The van der Waals surface area contributed by atoms with E-state index < -0.39 is 34.5 Å². The fourth-order valence-electron chi connectivity index (χ4n) is 2.84. The molecule has 158 valence electrons. The number of benzene rings is 2. The van der Waals surface area contributed by atoms with Gasteiger partial charge in [-0.1, -0.05) is 18.2 Å². The molecule has 0 bridgehead atoms. The van der Waals surface area contributed by atoms with E-state index in [2.05, 4.69) is 15.0 Å². The van der Waals surface area contributed by atoms with Gasteiger partial charge in [0.05, 0.1) is 17.7 Å². The van der Waals surface area contributed by atoms with Crippen LogP contribution in [-0.2, 0) is 24.3 Å². The predicted octanol–water partition coefficient (Wildman–Crippen LogP) is 1.61. The zero-order chi connectivity index (χ0) is 21.9. The van der Waals surface area contributed by atoms with Gasteiger partial charge in [0.2, 0.25) is 0 Å². The lowest BCUT2D eigenvalue weighted by atomic mass is 10.2. The van der Waals surface area contributed by atoms with Crippen LogP contribution in [0.4, 0.5) is 5.69 Å². The van der Waals surface area contributed by atoms with E-state index in [-0.39, 0.29) is 10.7 Å². The molecule has 0 unspecified atom stereocenters. The number of rotatable bonds is 6. The Balaban J connectivity index is 1.63. The van der Waals surface area contributed by atoms with E-state index in [1.165, 1.54) is 20.1 Å². The zero-order valence-electron chi connectivity index (χ0n) is 16.6. The molecule has 0 aromatic heterocycles. The van der Waals surface area contributed by atoms with Crippen molar-refractivity contribution >= 4 is 33.4 Å². The number of sulfonamides is 1. The average molecular weight is 431 g/mol. The number of carbonyl (C=O) groups is 2. The summed E-state index contributed by atoms with van der Waals surface area (Å²) in [5.74, 6) is -0.771. The average Bonchev–Trinajstić information content (AvgIpc) is 2.96. The molecule has 3 rings (SSSR count). The molecule has 0 spiro atoms. The molecule has 1 aliphatic heterocycles. The number of amidine groups is 1. The van der Waals surface area contributed by atoms with Crippen LogP contribution in [0.1, 0.15) is 18.1 Å². The van der Waals surface area contributed by atoms with Gasteiger partial charge < -0.3 is 14.8 Å². The lowest BCUT2D eigenvalue weighted by molar-refractivity contribution is -0.148. The Bertz CT molecular complexity index is 1130. The second-order valence-corrected chi connectivity index (χ2v) is 8.27. The van der Waals surface area contributed by atoms with Crippen LogP contribution < -0.4 is 14.8 Å². The molecule has 30 heavy (non-hydrogen) atoms. The number of amides is 1. The van der Waals surface area contributed by atoms with E-state index in [4.69, 9.17) is 9.47 Å². The minimum atomic E-state index is -3.71. The highest BCUT2D eigenvalue weighted by Crippen LogP contribution is 2.25. The summed E-state index contributed by atoms with van der Waals surface area (Å²) in [6, 6.07) is 10.6. The summed E-state index contributed by atoms with van der Waals surface area (Å²) in [5, 5.41) is 2.62. The van der Waals surface area contributed by atoms with Crippen molar-refractivity contribution in [3.05, 3.63) is 53.6 Å². The number of hydrogen-bond donors (Lipinski definition) is 2. The van der Waals surface area contributed by atoms with Gasteiger partial charge in [-0.05, 0) is 43.7 Å². The van der Waals surface area contributed by atoms with Crippen molar-refractivity contribution in [2.24, 2.45) is 4.99 Å². The van der Waals surface area contributed by atoms with Crippen LogP contribution in [0.5, 0.6) is 5.75 Å². The summed E-state index contributed by atoms with van der Waals surface area (Å²) in [5.41, 5.74) is 1.76. The van der Waals surface area contributed by atoms with Gasteiger partial charge in [-0.25, -0.2) is 13.2 Å². The molecule has 0 radical (unpaired) electrons. The highest BCUT2D eigenvalue weighted by atomic mass is 32.2. The number of methoxy groups -OCH3 is 1. The second-order valence-electron chi connectivity index (χ2n) is 6.61. The molecule has 10 heteroatoms.